The van der Waals surface area contributed by atoms with Crippen molar-refractivity contribution in [2.75, 3.05) is 13.7 Å². The van der Waals surface area contributed by atoms with Gasteiger partial charge in [0.2, 0.25) is 0 Å². The summed E-state index contributed by atoms with van der Waals surface area (Å²) < 4.78 is 6.06. The molecule has 0 aliphatic rings. The molecule has 1 unspecified atom stereocenters. The van der Waals surface area contributed by atoms with E-state index in [9.17, 15) is 0 Å². The topological polar surface area (TPSA) is 34.1 Å². The van der Waals surface area contributed by atoms with Gasteiger partial charge in [-0.25, -0.2) is 0 Å². The van der Waals surface area contributed by atoms with E-state index in [1.54, 1.807) is 0 Å². The molecule has 1 rings (SSSR count). The second-order valence-electron chi connectivity index (χ2n) is 4.57. The van der Waals surface area contributed by atoms with Gasteiger partial charge in [-0.05, 0) is 38.9 Å². The molecule has 102 valence electrons. The van der Waals surface area contributed by atoms with E-state index in [-0.39, 0.29) is 5.60 Å². The largest absolute Gasteiger partial charge is 0.374 e. The number of nitrogens with one attached hydrogen (secondary N) is 1. The van der Waals surface area contributed by atoms with Crippen LogP contribution in [-0.4, -0.2) is 30.3 Å². The van der Waals surface area contributed by atoms with Gasteiger partial charge in [0.1, 0.15) is 0 Å². The van der Waals surface area contributed by atoms with Crippen molar-refractivity contribution in [3.8, 4) is 0 Å². The van der Waals surface area contributed by atoms with Gasteiger partial charge in [-0.15, -0.1) is 0 Å². The van der Waals surface area contributed by atoms with Crippen molar-refractivity contribution in [1.29, 1.82) is 0 Å². The predicted octanol–water partition coefficient (Wildman–Crippen LogP) is 2.81. The Bertz CT molecular complexity index is 323. The number of likely N-dealkylation sites (N-methyl/N-ethyl adjacent to an activating group) is 1. The average molecular weight is 250 g/mol. The lowest BCUT2D eigenvalue weighted by molar-refractivity contribution is -0.0705. The Balaban J connectivity index is 2.85. The second kappa shape index (κ2) is 7.49. The van der Waals surface area contributed by atoms with Crippen molar-refractivity contribution in [1.82, 2.24) is 10.3 Å². The smallest absolute Gasteiger partial charge is 0.0833 e. The number of ether oxygens (including phenoxy) is 1. The van der Waals surface area contributed by atoms with Crippen LogP contribution in [0.3, 0.4) is 0 Å². The summed E-state index contributed by atoms with van der Waals surface area (Å²) in [7, 11) is 2.01. The maximum absolute atomic E-state index is 6.06. The van der Waals surface area contributed by atoms with Crippen LogP contribution in [0.15, 0.2) is 24.4 Å². The molecule has 0 amide bonds. The van der Waals surface area contributed by atoms with E-state index in [4.69, 9.17) is 4.74 Å². The van der Waals surface area contributed by atoms with Gasteiger partial charge in [0, 0.05) is 31.0 Å². The maximum Gasteiger partial charge on any atom is 0.0833 e. The molecule has 0 fully saturated rings. The van der Waals surface area contributed by atoms with Gasteiger partial charge < -0.3 is 10.1 Å². The molecule has 3 nitrogen and oxygen atoms in total. The summed E-state index contributed by atoms with van der Waals surface area (Å²) in [6, 6.07) is 6.36. The van der Waals surface area contributed by atoms with Crippen molar-refractivity contribution >= 4 is 0 Å². The Morgan fingerprint density at radius 3 is 2.44 bits per heavy atom. The monoisotopic (exact) mass is 250 g/mol. The van der Waals surface area contributed by atoms with Gasteiger partial charge in [0.05, 0.1) is 5.60 Å². The molecule has 1 aromatic rings. The van der Waals surface area contributed by atoms with Crippen molar-refractivity contribution in [2.24, 2.45) is 0 Å². The number of hydrogen-bond donors (Lipinski definition) is 1. The molecule has 0 aliphatic carbocycles. The minimum absolute atomic E-state index is 0.0962. The van der Waals surface area contributed by atoms with E-state index in [1.165, 1.54) is 0 Å². The van der Waals surface area contributed by atoms with Crippen LogP contribution in [0, 0.1) is 0 Å². The zero-order valence-corrected chi connectivity index (χ0v) is 12.1. The molecular formula is C15H26N2O. The number of aromatic nitrogens is 1. The van der Waals surface area contributed by atoms with E-state index in [0.29, 0.717) is 6.04 Å². The van der Waals surface area contributed by atoms with Crippen molar-refractivity contribution in [3.63, 3.8) is 0 Å². The third-order valence-electron chi connectivity index (χ3n) is 3.75. The molecule has 0 saturated heterocycles. The van der Waals surface area contributed by atoms with Crippen molar-refractivity contribution in [3.05, 3.63) is 30.1 Å². The summed E-state index contributed by atoms with van der Waals surface area (Å²) in [5.74, 6) is 0. The van der Waals surface area contributed by atoms with Crippen LogP contribution in [-0.2, 0) is 11.2 Å². The lowest BCUT2D eigenvalue weighted by Gasteiger charge is -2.39. The highest BCUT2D eigenvalue weighted by Crippen LogP contribution is 2.26. The summed E-state index contributed by atoms with van der Waals surface area (Å²) in [6.45, 7) is 7.21. The summed E-state index contributed by atoms with van der Waals surface area (Å²) in [6.07, 6.45) is 4.77. The Labute approximate surface area is 111 Å². The second-order valence-corrected chi connectivity index (χ2v) is 4.57. The minimum atomic E-state index is -0.0962. The van der Waals surface area contributed by atoms with Gasteiger partial charge in [-0.1, -0.05) is 19.9 Å². The van der Waals surface area contributed by atoms with E-state index >= 15 is 0 Å². The fraction of sp³-hybridized carbons (Fsp3) is 0.667. The van der Waals surface area contributed by atoms with Gasteiger partial charge in [-0.3, -0.25) is 4.98 Å². The highest BCUT2D eigenvalue weighted by atomic mass is 16.5. The van der Waals surface area contributed by atoms with Crippen molar-refractivity contribution in [2.45, 2.75) is 51.7 Å². The Kier molecular flexibility index (Phi) is 6.30. The van der Waals surface area contributed by atoms with E-state index < -0.39 is 0 Å². The SMILES string of the molecule is CCOC(CC)(CC)C(Cc1ccccn1)NC. The number of nitrogens with zero attached hydrogens (tertiary/aromatic N) is 1. The summed E-state index contributed by atoms with van der Waals surface area (Å²) >= 11 is 0. The first kappa shape index (κ1) is 15.1. The zero-order valence-electron chi connectivity index (χ0n) is 12.1. The van der Waals surface area contributed by atoms with Crippen LogP contribution >= 0.6 is 0 Å². The van der Waals surface area contributed by atoms with Gasteiger partial charge in [0.15, 0.2) is 0 Å². The molecule has 0 bridgehead atoms. The Morgan fingerprint density at radius 1 is 1.28 bits per heavy atom. The van der Waals surface area contributed by atoms with Crippen LogP contribution in [0.1, 0.15) is 39.3 Å². The van der Waals surface area contributed by atoms with Crippen LogP contribution in [0.2, 0.25) is 0 Å². The molecule has 0 saturated carbocycles. The molecular weight excluding hydrogens is 224 g/mol. The maximum atomic E-state index is 6.06. The molecule has 18 heavy (non-hydrogen) atoms. The summed E-state index contributed by atoms with van der Waals surface area (Å²) in [5.41, 5.74) is 1.02. The number of hydrogen-bond acceptors (Lipinski definition) is 3. The first-order chi connectivity index (χ1) is 8.72. The summed E-state index contributed by atoms with van der Waals surface area (Å²) in [5, 5.41) is 3.41. The van der Waals surface area contributed by atoms with E-state index in [0.717, 1.165) is 31.6 Å². The quantitative estimate of drug-likeness (QED) is 0.770. The average Bonchev–Trinajstić information content (AvgIpc) is 2.44. The standard InChI is InChI=1S/C15H26N2O/c1-5-15(6-2,18-7-3)14(16-4)12-13-10-8-9-11-17-13/h8-11,14,16H,5-7,12H2,1-4H3. The highest BCUT2D eigenvalue weighted by Gasteiger charge is 2.35. The van der Waals surface area contributed by atoms with E-state index in [2.05, 4.69) is 37.1 Å². The Morgan fingerprint density at radius 2 is 2.00 bits per heavy atom. The lowest BCUT2D eigenvalue weighted by Crippen LogP contribution is -2.52. The van der Waals surface area contributed by atoms with Gasteiger partial charge in [0.25, 0.3) is 0 Å². The first-order valence-electron chi connectivity index (χ1n) is 6.93. The number of rotatable bonds is 8. The first-order valence-corrected chi connectivity index (χ1v) is 6.93. The summed E-state index contributed by atoms with van der Waals surface area (Å²) in [4.78, 5) is 4.41. The molecule has 0 aliphatic heterocycles. The lowest BCUT2D eigenvalue weighted by atomic mass is 9.85. The molecule has 1 N–H and O–H groups in total. The van der Waals surface area contributed by atoms with Crippen LogP contribution in [0.5, 0.6) is 0 Å². The van der Waals surface area contributed by atoms with Crippen molar-refractivity contribution < 1.29 is 4.74 Å². The number of pyridine rings is 1. The normalized spacial score (nSPS) is 13.6. The predicted molar refractivity (Wildman–Crippen MR) is 75.7 cm³/mol. The van der Waals surface area contributed by atoms with E-state index in [1.807, 2.05) is 25.4 Å². The molecule has 3 heteroatoms. The third-order valence-corrected chi connectivity index (χ3v) is 3.75. The van der Waals surface area contributed by atoms with Crippen LogP contribution in [0.25, 0.3) is 0 Å². The van der Waals surface area contributed by atoms with Gasteiger partial charge in [-0.2, -0.15) is 0 Å². The molecule has 0 spiro atoms. The molecule has 1 atom stereocenters. The molecule has 1 heterocycles. The zero-order chi connectivity index (χ0) is 13.4. The molecule has 0 aromatic carbocycles. The van der Waals surface area contributed by atoms with Crippen LogP contribution in [0.4, 0.5) is 0 Å². The fourth-order valence-corrected chi connectivity index (χ4v) is 2.61. The third kappa shape index (κ3) is 3.53. The molecule has 1 aromatic heterocycles. The minimum Gasteiger partial charge on any atom is -0.374 e. The fourth-order valence-electron chi connectivity index (χ4n) is 2.61. The highest BCUT2D eigenvalue weighted by molar-refractivity contribution is 5.08. The molecule has 0 radical (unpaired) electrons. The van der Waals surface area contributed by atoms with Gasteiger partial charge >= 0.3 is 0 Å². The Hall–Kier alpha value is -0.930. The van der Waals surface area contributed by atoms with Crippen LogP contribution < -0.4 is 5.32 Å².